The molecule has 0 unspecified atom stereocenters. The summed E-state index contributed by atoms with van der Waals surface area (Å²) in [5.74, 6) is 0.397. The molecule has 2 aromatic rings. The van der Waals surface area contributed by atoms with Gasteiger partial charge in [0, 0.05) is 19.2 Å². The predicted octanol–water partition coefficient (Wildman–Crippen LogP) is 1.38. The Hall–Kier alpha value is -2.22. The highest BCUT2D eigenvalue weighted by Crippen LogP contribution is 2.30. The fourth-order valence-corrected chi connectivity index (χ4v) is 3.18. The average molecular weight is 317 g/mol. The van der Waals surface area contributed by atoms with Gasteiger partial charge in [-0.25, -0.2) is 4.68 Å². The fourth-order valence-electron chi connectivity index (χ4n) is 3.18. The SMILES string of the molecule is CC(C)c1cc(C(=O)N2CC[C@@H]3OCc4cnnn4[C@@H]3C2)on1. The van der Waals surface area contributed by atoms with E-state index in [0.717, 1.165) is 17.8 Å². The van der Waals surface area contributed by atoms with E-state index >= 15 is 0 Å². The summed E-state index contributed by atoms with van der Waals surface area (Å²) in [6, 6.07) is 1.74. The average Bonchev–Trinajstić information content (AvgIpc) is 3.22. The smallest absolute Gasteiger partial charge is 0.292 e. The van der Waals surface area contributed by atoms with Crippen LogP contribution < -0.4 is 0 Å². The van der Waals surface area contributed by atoms with Crippen LogP contribution in [0.3, 0.4) is 0 Å². The molecule has 0 bridgehead atoms. The third-order valence-electron chi connectivity index (χ3n) is 4.55. The van der Waals surface area contributed by atoms with Gasteiger partial charge in [0.25, 0.3) is 5.91 Å². The molecule has 1 saturated heterocycles. The first kappa shape index (κ1) is 14.4. The van der Waals surface area contributed by atoms with Crippen molar-refractivity contribution in [2.24, 2.45) is 0 Å². The van der Waals surface area contributed by atoms with Crippen LogP contribution >= 0.6 is 0 Å². The third-order valence-corrected chi connectivity index (χ3v) is 4.55. The molecule has 8 nitrogen and oxygen atoms in total. The highest BCUT2D eigenvalue weighted by atomic mass is 16.5. The minimum absolute atomic E-state index is 0.00596. The van der Waals surface area contributed by atoms with E-state index in [4.69, 9.17) is 9.26 Å². The maximum Gasteiger partial charge on any atom is 0.292 e. The number of hydrogen-bond acceptors (Lipinski definition) is 6. The van der Waals surface area contributed by atoms with Gasteiger partial charge in [-0.3, -0.25) is 4.79 Å². The molecule has 0 saturated carbocycles. The van der Waals surface area contributed by atoms with Gasteiger partial charge in [0.15, 0.2) is 0 Å². The molecule has 0 radical (unpaired) electrons. The summed E-state index contributed by atoms with van der Waals surface area (Å²) >= 11 is 0. The molecule has 0 aromatic carbocycles. The monoisotopic (exact) mass is 317 g/mol. The highest BCUT2D eigenvalue weighted by Gasteiger charge is 2.38. The van der Waals surface area contributed by atoms with Crippen LogP contribution in [-0.4, -0.2) is 50.2 Å². The normalized spacial score (nSPS) is 23.7. The molecule has 2 atom stereocenters. The van der Waals surface area contributed by atoms with Crippen LogP contribution in [0.5, 0.6) is 0 Å². The first-order chi connectivity index (χ1) is 11.1. The molecule has 23 heavy (non-hydrogen) atoms. The van der Waals surface area contributed by atoms with E-state index in [-0.39, 0.29) is 24.0 Å². The lowest BCUT2D eigenvalue weighted by Crippen LogP contribution is -2.49. The second-order valence-corrected chi connectivity index (χ2v) is 6.40. The second-order valence-electron chi connectivity index (χ2n) is 6.40. The minimum Gasteiger partial charge on any atom is -0.370 e. The molecule has 8 heteroatoms. The van der Waals surface area contributed by atoms with E-state index < -0.39 is 0 Å². The number of aromatic nitrogens is 4. The van der Waals surface area contributed by atoms with E-state index in [9.17, 15) is 4.79 Å². The molecule has 2 aromatic heterocycles. The van der Waals surface area contributed by atoms with Crippen molar-refractivity contribution in [2.75, 3.05) is 13.1 Å². The van der Waals surface area contributed by atoms with Gasteiger partial charge < -0.3 is 14.2 Å². The Labute approximate surface area is 133 Å². The zero-order valence-electron chi connectivity index (χ0n) is 13.2. The number of ether oxygens (including phenoxy) is 1. The van der Waals surface area contributed by atoms with Gasteiger partial charge >= 0.3 is 0 Å². The number of hydrogen-bond donors (Lipinski definition) is 0. The number of likely N-dealkylation sites (tertiary alicyclic amines) is 1. The molecule has 1 amide bonds. The summed E-state index contributed by atoms with van der Waals surface area (Å²) in [5.41, 5.74) is 1.74. The zero-order chi connectivity index (χ0) is 16.0. The minimum atomic E-state index is -0.130. The van der Waals surface area contributed by atoms with Crippen molar-refractivity contribution in [3.05, 3.63) is 29.4 Å². The summed E-state index contributed by atoms with van der Waals surface area (Å²) in [4.78, 5) is 14.5. The number of piperidine rings is 1. The lowest BCUT2D eigenvalue weighted by Gasteiger charge is -2.40. The molecule has 2 aliphatic heterocycles. The number of rotatable bonds is 2. The van der Waals surface area contributed by atoms with Crippen LogP contribution in [0.15, 0.2) is 16.8 Å². The van der Waals surface area contributed by atoms with Crippen LogP contribution in [-0.2, 0) is 11.3 Å². The molecule has 4 rings (SSSR count). The van der Waals surface area contributed by atoms with Gasteiger partial charge in [-0.05, 0) is 12.3 Å². The number of carbonyl (C=O) groups is 1. The Bertz CT molecular complexity index is 722. The van der Waals surface area contributed by atoms with Crippen LogP contribution in [0.4, 0.5) is 0 Å². The van der Waals surface area contributed by atoms with Gasteiger partial charge in [-0.15, -0.1) is 5.10 Å². The number of carbonyl (C=O) groups excluding carboxylic acids is 1. The molecule has 1 fully saturated rings. The Morgan fingerprint density at radius 1 is 1.43 bits per heavy atom. The zero-order valence-corrected chi connectivity index (χ0v) is 13.2. The van der Waals surface area contributed by atoms with E-state index in [1.807, 2.05) is 18.5 Å². The fraction of sp³-hybridized carbons (Fsp3) is 0.600. The Kier molecular flexibility index (Phi) is 3.41. The van der Waals surface area contributed by atoms with Crippen molar-refractivity contribution in [3.8, 4) is 0 Å². The van der Waals surface area contributed by atoms with Crippen molar-refractivity contribution in [3.63, 3.8) is 0 Å². The Morgan fingerprint density at radius 2 is 2.30 bits per heavy atom. The topological polar surface area (TPSA) is 86.3 Å². The number of amides is 1. The highest BCUT2D eigenvalue weighted by molar-refractivity contribution is 5.91. The summed E-state index contributed by atoms with van der Waals surface area (Å²) in [5, 5.41) is 12.1. The molecule has 0 aliphatic carbocycles. The maximum atomic E-state index is 12.7. The van der Waals surface area contributed by atoms with Crippen LogP contribution in [0.2, 0.25) is 0 Å². The van der Waals surface area contributed by atoms with Crippen LogP contribution in [0, 0.1) is 0 Å². The molecular weight excluding hydrogens is 298 g/mol. The van der Waals surface area contributed by atoms with Crippen molar-refractivity contribution in [1.82, 2.24) is 25.1 Å². The lowest BCUT2D eigenvalue weighted by atomic mass is 10.00. The van der Waals surface area contributed by atoms with Gasteiger partial charge in [0.05, 0.1) is 36.3 Å². The van der Waals surface area contributed by atoms with Crippen molar-refractivity contribution < 1.29 is 14.1 Å². The summed E-state index contributed by atoms with van der Waals surface area (Å²) < 4.78 is 13.0. The summed E-state index contributed by atoms with van der Waals surface area (Å²) in [6.45, 7) is 5.74. The maximum absolute atomic E-state index is 12.7. The number of fused-ring (bicyclic) bond motifs is 3. The van der Waals surface area contributed by atoms with E-state index in [1.165, 1.54) is 0 Å². The Morgan fingerprint density at radius 3 is 3.09 bits per heavy atom. The summed E-state index contributed by atoms with van der Waals surface area (Å²) in [7, 11) is 0. The predicted molar refractivity (Wildman–Crippen MR) is 78.7 cm³/mol. The first-order valence-corrected chi connectivity index (χ1v) is 7.90. The Balaban J connectivity index is 1.54. The van der Waals surface area contributed by atoms with Gasteiger partial charge in [0.2, 0.25) is 5.76 Å². The van der Waals surface area contributed by atoms with Crippen LogP contribution in [0.1, 0.15) is 54.2 Å². The van der Waals surface area contributed by atoms with E-state index in [2.05, 4.69) is 15.5 Å². The van der Waals surface area contributed by atoms with Crippen molar-refractivity contribution in [2.45, 2.75) is 44.9 Å². The first-order valence-electron chi connectivity index (χ1n) is 7.90. The molecule has 122 valence electrons. The third kappa shape index (κ3) is 2.42. The van der Waals surface area contributed by atoms with Gasteiger partial charge in [-0.2, -0.15) is 0 Å². The standard InChI is InChI=1S/C15H19N5O3/c1-9(2)11-5-14(23-17-11)15(21)19-4-3-13-12(7-19)20-10(8-22-13)6-16-18-20/h5-6,9,12-13H,3-4,7-8H2,1-2H3/t12-,13+/m1/s1. The van der Waals surface area contributed by atoms with E-state index in [1.54, 1.807) is 17.2 Å². The second kappa shape index (κ2) is 5.45. The molecule has 0 N–H and O–H groups in total. The summed E-state index contributed by atoms with van der Waals surface area (Å²) in [6.07, 6.45) is 2.57. The molecule has 4 heterocycles. The molecule has 0 spiro atoms. The van der Waals surface area contributed by atoms with Crippen molar-refractivity contribution in [1.29, 1.82) is 0 Å². The van der Waals surface area contributed by atoms with Gasteiger partial charge in [-0.1, -0.05) is 24.2 Å². The largest absolute Gasteiger partial charge is 0.370 e. The van der Waals surface area contributed by atoms with E-state index in [0.29, 0.717) is 25.5 Å². The van der Waals surface area contributed by atoms with Crippen molar-refractivity contribution >= 4 is 5.91 Å². The molecular formula is C15H19N5O3. The molecule has 2 aliphatic rings. The number of nitrogens with zero attached hydrogens (tertiary/aromatic N) is 5. The van der Waals surface area contributed by atoms with Crippen LogP contribution in [0.25, 0.3) is 0 Å². The van der Waals surface area contributed by atoms with Gasteiger partial charge in [0.1, 0.15) is 0 Å². The lowest BCUT2D eigenvalue weighted by molar-refractivity contribution is -0.0609. The quantitative estimate of drug-likeness (QED) is 0.831.